The Kier molecular flexibility index (Phi) is 7.36. The van der Waals surface area contributed by atoms with Crippen LogP contribution in [0.15, 0.2) is 47.0 Å². The minimum atomic E-state index is -0.822. The predicted octanol–water partition coefficient (Wildman–Crippen LogP) is 6.27. The number of methoxy groups -OCH3 is 1. The second-order valence-corrected chi connectivity index (χ2v) is 10.7. The van der Waals surface area contributed by atoms with Crippen LogP contribution in [0.3, 0.4) is 0 Å². The second-order valence-electron chi connectivity index (χ2n) is 9.17. The van der Waals surface area contributed by atoms with Crippen LogP contribution >= 0.6 is 11.8 Å². The molecule has 1 heterocycles. The molecule has 0 amide bonds. The number of benzene rings is 2. The zero-order valence-electron chi connectivity index (χ0n) is 19.9. The summed E-state index contributed by atoms with van der Waals surface area (Å²) in [5.74, 6) is 0.816. The van der Waals surface area contributed by atoms with Crippen molar-refractivity contribution in [1.82, 2.24) is 5.16 Å². The highest BCUT2D eigenvalue weighted by Crippen LogP contribution is 2.45. The monoisotopic (exact) mass is 513 g/mol. The second kappa shape index (κ2) is 10.8. The molecular weight excluding hydrogens is 485 g/mol. The van der Waals surface area contributed by atoms with Crippen LogP contribution in [0.1, 0.15) is 48.6 Å². The molecule has 0 bridgehead atoms. The van der Waals surface area contributed by atoms with E-state index >= 15 is 0 Å². The number of carboxylic acid groups (broad SMARTS) is 1. The molecule has 1 aromatic heterocycles. The number of carbonyl (C=O) groups is 1. The molecule has 2 fully saturated rings. The Labute approximate surface area is 212 Å². The summed E-state index contributed by atoms with van der Waals surface area (Å²) in [4.78, 5) is 11.4. The van der Waals surface area contributed by atoms with E-state index in [9.17, 15) is 14.3 Å². The average Bonchev–Trinajstić information content (AvgIpc) is 3.81. The molecule has 0 aliphatic heterocycles. The first-order valence-electron chi connectivity index (χ1n) is 12.1. The minimum Gasteiger partial charge on any atom is -0.497 e. The Morgan fingerprint density at radius 1 is 1.17 bits per heavy atom. The summed E-state index contributed by atoms with van der Waals surface area (Å²) in [7, 11) is 1.51. The van der Waals surface area contributed by atoms with Gasteiger partial charge in [-0.15, -0.1) is 11.8 Å². The average molecular weight is 514 g/mol. The Balaban J connectivity index is 1.36. The first kappa shape index (κ1) is 24.5. The Hall–Kier alpha value is -3.20. The number of aliphatic carboxylic acids is 1. The van der Waals surface area contributed by atoms with E-state index in [0.29, 0.717) is 40.7 Å². The van der Waals surface area contributed by atoms with E-state index in [2.05, 4.69) is 5.16 Å². The lowest BCUT2D eigenvalue weighted by Crippen LogP contribution is -2.06. The maximum absolute atomic E-state index is 14.7. The van der Waals surface area contributed by atoms with Gasteiger partial charge in [-0.1, -0.05) is 17.3 Å². The highest BCUT2D eigenvalue weighted by Gasteiger charge is 2.29. The van der Waals surface area contributed by atoms with Gasteiger partial charge in [-0.05, 0) is 67.5 Å². The van der Waals surface area contributed by atoms with Gasteiger partial charge in [-0.2, -0.15) is 0 Å². The summed E-state index contributed by atoms with van der Waals surface area (Å²) in [6.45, 7) is 0.551. The number of aromatic nitrogens is 1. The van der Waals surface area contributed by atoms with Crippen molar-refractivity contribution >= 4 is 17.7 Å². The van der Waals surface area contributed by atoms with Gasteiger partial charge in [0.15, 0.2) is 11.4 Å². The van der Waals surface area contributed by atoms with Crippen molar-refractivity contribution in [3.63, 3.8) is 0 Å². The molecule has 3 aromatic rings. The molecule has 2 aliphatic carbocycles. The quantitative estimate of drug-likeness (QED) is 0.286. The fraction of sp³-hybridized carbons (Fsp3) is 0.407. The number of carboxylic acids is 1. The molecule has 2 saturated carbocycles. The van der Waals surface area contributed by atoms with Crippen molar-refractivity contribution in [2.75, 3.05) is 13.7 Å². The Morgan fingerprint density at radius 3 is 2.72 bits per heavy atom. The van der Waals surface area contributed by atoms with Gasteiger partial charge in [0.1, 0.15) is 23.9 Å². The van der Waals surface area contributed by atoms with E-state index < -0.39 is 11.8 Å². The van der Waals surface area contributed by atoms with Gasteiger partial charge in [0.25, 0.3) is 0 Å². The highest BCUT2D eigenvalue weighted by molar-refractivity contribution is 8.00. The molecule has 36 heavy (non-hydrogen) atoms. The van der Waals surface area contributed by atoms with Gasteiger partial charge in [0.2, 0.25) is 5.76 Å². The summed E-state index contributed by atoms with van der Waals surface area (Å²) in [6, 6.07) is 11.9. The highest BCUT2D eigenvalue weighted by atomic mass is 32.2. The number of nitrogens with zero attached hydrogens (tertiary/aromatic N) is 1. The molecule has 190 valence electrons. The van der Waals surface area contributed by atoms with E-state index in [1.165, 1.54) is 19.2 Å². The molecule has 0 spiro atoms. The van der Waals surface area contributed by atoms with E-state index in [0.717, 1.165) is 31.2 Å². The summed E-state index contributed by atoms with van der Waals surface area (Å²) in [5.41, 5.74) is 1.54. The van der Waals surface area contributed by atoms with Gasteiger partial charge >= 0.3 is 5.97 Å². The van der Waals surface area contributed by atoms with Crippen molar-refractivity contribution in [3.8, 4) is 28.6 Å². The minimum absolute atomic E-state index is 0.0535. The number of thioether (sulfide) groups is 1. The van der Waals surface area contributed by atoms with E-state index in [4.69, 9.17) is 18.7 Å². The maximum atomic E-state index is 14.7. The van der Waals surface area contributed by atoms with Crippen LogP contribution in [0.4, 0.5) is 4.39 Å². The first-order chi connectivity index (χ1) is 17.5. The number of hydrogen-bond donors (Lipinski definition) is 1. The molecule has 1 atom stereocenters. The predicted molar refractivity (Wildman–Crippen MR) is 133 cm³/mol. The van der Waals surface area contributed by atoms with Gasteiger partial charge in [0.05, 0.1) is 25.7 Å². The van der Waals surface area contributed by atoms with Crippen LogP contribution in [0.2, 0.25) is 0 Å². The van der Waals surface area contributed by atoms with Crippen LogP contribution in [0.25, 0.3) is 11.3 Å². The molecule has 7 nitrogen and oxygen atoms in total. The van der Waals surface area contributed by atoms with Crippen LogP contribution < -0.4 is 14.2 Å². The van der Waals surface area contributed by atoms with E-state index in [-0.39, 0.29) is 29.6 Å². The third-order valence-corrected chi connectivity index (χ3v) is 7.76. The molecule has 1 unspecified atom stereocenters. The van der Waals surface area contributed by atoms with E-state index in [1.807, 2.05) is 24.3 Å². The Bertz CT molecular complexity index is 1220. The van der Waals surface area contributed by atoms with Gasteiger partial charge in [-0.25, -0.2) is 4.39 Å². The molecule has 2 aliphatic rings. The zero-order valence-corrected chi connectivity index (χ0v) is 20.8. The molecular formula is C27H28FNO6S. The summed E-state index contributed by atoms with van der Waals surface area (Å²) >= 11 is 1.71. The third-order valence-electron chi connectivity index (χ3n) is 6.14. The van der Waals surface area contributed by atoms with Crippen molar-refractivity contribution in [1.29, 1.82) is 0 Å². The molecule has 0 saturated heterocycles. The van der Waals surface area contributed by atoms with Gasteiger partial charge in [-0.3, -0.25) is 4.79 Å². The van der Waals surface area contributed by atoms with Crippen molar-refractivity contribution in [2.24, 2.45) is 5.92 Å². The first-order valence-corrected chi connectivity index (χ1v) is 13.0. The lowest BCUT2D eigenvalue weighted by atomic mass is 10.1. The Morgan fingerprint density at radius 2 is 2.00 bits per heavy atom. The fourth-order valence-electron chi connectivity index (χ4n) is 3.81. The van der Waals surface area contributed by atoms with Crippen molar-refractivity contribution in [2.45, 2.75) is 49.2 Å². The van der Waals surface area contributed by atoms with Crippen LogP contribution in [0.5, 0.6) is 17.2 Å². The number of hydrogen-bond acceptors (Lipinski definition) is 7. The molecule has 0 radical (unpaired) electrons. The fourth-order valence-corrected chi connectivity index (χ4v) is 5.23. The normalized spacial score (nSPS) is 15.9. The lowest BCUT2D eigenvalue weighted by molar-refractivity contribution is -0.137. The van der Waals surface area contributed by atoms with Crippen molar-refractivity contribution in [3.05, 3.63) is 59.5 Å². The van der Waals surface area contributed by atoms with Crippen LogP contribution in [0, 0.1) is 11.7 Å². The summed E-state index contributed by atoms with van der Waals surface area (Å²) in [6.07, 6.45) is 4.51. The van der Waals surface area contributed by atoms with Gasteiger partial charge in [0, 0.05) is 10.5 Å². The summed E-state index contributed by atoms with van der Waals surface area (Å²) < 4.78 is 37.5. The molecule has 9 heteroatoms. The van der Waals surface area contributed by atoms with Crippen LogP contribution in [-0.4, -0.2) is 35.2 Å². The molecule has 5 rings (SSSR count). The topological polar surface area (TPSA) is 91.0 Å². The SMILES string of the molecule is COc1ccc(F)c(-c2onc(COc3cccc(C(CC(=O)O)SC4CC4)c3)c2OCC2CC2)c1. The van der Waals surface area contributed by atoms with Gasteiger partial charge < -0.3 is 23.8 Å². The largest absolute Gasteiger partial charge is 0.497 e. The standard InChI is InChI=1S/C27H28FNO6S/c1-32-18-7-10-22(28)21(12-18)26-27(34-14-16-5-6-16)23(29-35-26)15-33-19-4-2-3-17(11-19)24(13-25(30)31)36-20-8-9-20/h2-4,7,10-12,16,20,24H,5-6,8-9,13-15H2,1H3,(H,30,31). The van der Waals surface area contributed by atoms with E-state index in [1.54, 1.807) is 17.8 Å². The smallest absolute Gasteiger partial charge is 0.304 e. The van der Waals surface area contributed by atoms with Crippen molar-refractivity contribution < 1.29 is 33.0 Å². The number of rotatable bonds is 13. The molecule has 2 aromatic carbocycles. The lowest BCUT2D eigenvalue weighted by Gasteiger charge is -2.16. The van der Waals surface area contributed by atoms with Crippen LogP contribution in [-0.2, 0) is 11.4 Å². The third kappa shape index (κ3) is 6.13. The maximum Gasteiger partial charge on any atom is 0.304 e. The zero-order chi connectivity index (χ0) is 25.1. The number of halogens is 1. The number of ether oxygens (including phenoxy) is 3. The molecule has 1 N–H and O–H groups in total. The summed E-state index contributed by atoms with van der Waals surface area (Å²) in [5, 5.41) is 13.9.